The van der Waals surface area contributed by atoms with Gasteiger partial charge in [-0.15, -0.1) is 11.6 Å². The van der Waals surface area contributed by atoms with Crippen LogP contribution in [0.1, 0.15) is 28.4 Å². The number of hydrogen-bond acceptors (Lipinski definition) is 1. The Morgan fingerprint density at radius 3 is 2.73 bits per heavy atom. The first-order valence-electron chi connectivity index (χ1n) is 5.00. The highest BCUT2D eigenvalue weighted by Crippen LogP contribution is 2.10. The van der Waals surface area contributed by atoms with E-state index in [0.29, 0.717) is 6.54 Å². The summed E-state index contributed by atoms with van der Waals surface area (Å²) >= 11 is 5.77. The molecule has 0 aromatic heterocycles. The minimum Gasteiger partial charge on any atom is -0.351 e. The first-order chi connectivity index (χ1) is 7.00. The molecule has 3 heteroatoms. The maximum absolute atomic E-state index is 11.8. The predicted molar refractivity (Wildman–Crippen MR) is 63.6 cm³/mol. The van der Waals surface area contributed by atoms with Crippen LogP contribution >= 0.6 is 11.6 Å². The number of alkyl halides is 1. The molecule has 0 fully saturated rings. The van der Waals surface area contributed by atoms with Crippen LogP contribution in [0.5, 0.6) is 0 Å². The van der Waals surface area contributed by atoms with E-state index < -0.39 is 0 Å². The maximum Gasteiger partial charge on any atom is 0.251 e. The lowest BCUT2D eigenvalue weighted by Gasteiger charge is -2.09. The molecule has 1 atom stereocenters. The average Bonchev–Trinajstić information content (AvgIpc) is 2.18. The van der Waals surface area contributed by atoms with E-state index in [1.54, 1.807) is 0 Å². The summed E-state index contributed by atoms with van der Waals surface area (Å²) in [5.41, 5.74) is 2.80. The van der Waals surface area contributed by atoms with Crippen LogP contribution < -0.4 is 5.32 Å². The van der Waals surface area contributed by atoms with Crippen molar-refractivity contribution in [3.63, 3.8) is 0 Å². The zero-order valence-electron chi connectivity index (χ0n) is 9.30. The van der Waals surface area contributed by atoms with Crippen molar-refractivity contribution in [2.24, 2.45) is 0 Å². The summed E-state index contributed by atoms with van der Waals surface area (Å²) in [4.78, 5) is 11.8. The average molecular weight is 226 g/mol. The second-order valence-electron chi connectivity index (χ2n) is 3.81. The molecule has 0 spiro atoms. The quantitative estimate of drug-likeness (QED) is 0.788. The Labute approximate surface area is 95.6 Å². The standard InChI is InChI=1S/C12H16ClNO/c1-8-4-5-9(2)11(6-8)12(15)14-7-10(3)13/h4-6,10H,7H2,1-3H3,(H,14,15). The molecular weight excluding hydrogens is 210 g/mol. The predicted octanol–water partition coefficient (Wildman–Crippen LogP) is 2.66. The SMILES string of the molecule is Cc1ccc(C)c(C(=O)NCC(C)Cl)c1. The topological polar surface area (TPSA) is 29.1 Å². The summed E-state index contributed by atoms with van der Waals surface area (Å²) in [6.45, 7) is 6.25. The number of hydrogen-bond donors (Lipinski definition) is 1. The number of aryl methyl sites for hydroxylation is 2. The summed E-state index contributed by atoms with van der Waals surface area (Å²) < 4.78 is 0. The Bertz CT molecular complexity index is 361. The van der Waals surface area contributed by atoms with Crippen LogP contribution in [0.4, 0.5) is 0 Å². The van der Waals surface area contributed by atoms with Gasteiger partial charge in [0, 0.05) is 17.5 Å². The second-order valence-corrected chi connectivity index (χ2v) is 4.55. The number of carbonyl (C=O) groups is 1. The van der Waals surface area contributed by atoms with Gasteiger partial charge in [0.2, 0.25) is 0 Å². The molecule has 15 heavy (non-hydrogen) atoms. The fourth-order valence-corrected chi connectivity index (χ4v) is 1.39. The summed E-state index contributed by atoms with van der Waals surface area (Å²) in [5.74, 6) is -0.0521. The Hall–Kier alpha value is -1.02. The molecule has 0 saturated carbocycles. The van der Waals surface area contributed by atoms with Gasteiger partial charge in [-0.1, -0.05) is 17.7 Å². The lowest BCUT2D eigenvalue weighted by atomic mass is 10.1. The Morgan fingerprint density at radius 1 is 1.47 bits per heavy atom. The smallest absolute Gasteiger partial charge is 0.251 e. The number of carbonyl (C=O) groups excluding carboxylic acids is 1. The number of nitrogens with one attached hydrogen (secondary N) is 1. The van der Waals surface area contributed by atoms with Gasteiger partial charge in [-0.25, -0.2) is 0 Å². The van der Waals surface area contributed by atoms with Crippen LogP contribution in [0.15, 0.2) is 18.2 Å². The highest BCUT2D eigenvalue weighted by atomic mass is 35.5. The Morgan fingerprint density at radius 2 is 2.13 bits per heavy atom. The zero-order valence-corrected chi connectivity index (χ0v) is 10.1. The highest BCUT2D eigenvalue weighted by Gasteiger charge is 2.09. The van der Waals surface area contributed by atoms with Crippen LogP contribution in [0.2, 0.25) is 0 Å². The molecule has 0 bridgehead atoms. The highest BCUT2D eigenvalue weighted by molar-refractivity contribution is 6.20. The van der Waals surface area contributed by atoms with Crippen molar-refractivity contribution >= 4 is 17.5 Å². The summed E-state index contributed by atoms with van der Waals surface area (Å²) in [6.07, 6.45) is 0. The number of rotatable bonds is 3. The van der Waals surface area contributed by atoms with Gasteiger partial charge in [-0.05, 0) is 32.4 Å². The van der Waals surface area contributed by atoms with Crippen molar-refractivity contribution in [2.75, 3.05) is 6.54 Å². The van der Waals surface area contributed by atoms with Gasteiger partial charge in [0.25, 0.3) is 5.91 Å². The second kappa shape index (κ2) is 5.17. The fourth-order valence-electron chi connectivity index (χ4n) is 1.31. The molecule has 82 valence electrons. The van der Waals surface area contributed by atoms with Crippen LogP contribution in [0.25, 0.3) is 0 Å². The van der Waals surface area contributed by atoms with Crippen LogP contribution in [-0.4, -0.2) is 17.8 Å². The maximum atomic E-state index is 11.8. The monoisotopic (exact) mass is 225 g/mol. The van der Waals surface area contributed by atoms with Crippen LogP contribution in [0, 0.1) is 13.8 Å². The van der Waals surface area contributed by atoms with Gasteiger partial charge in [0.15, 0.2) is 0 Å². The first kappa shape index (κ1) is 12.1. The van der Waals surface area contributed by atoms with E-state index in [1.807, 2.05) is 39.0 Å². The molecule has 0 aliphatic carbocycles. The van der Waals surface area contributed by atoms with Crippen molar-refractivity contribution in [3.8, 4) is 0 Å². The molecule has 1 aromatic carbocycles. The molecule has 0 saturated heterocycles. The van der Waals surface area contributed by atoms with Crippen LogP contribution in [0.3, 0.4) is 0 Å². The lowest BCUT2D eigenvalue weighted by Crippen LogP contribution is -2.29. The first-order valence-corrected chi connectivity index (χ1v) is 5.44. The van der Waals surface area contributed by atoms with Gasteiger partial charge >= 0.3 is 0 Å². The van der Waals surface area contributed by atoms with Crippen molar-refractivity contribution in [3.05, 3.63) is 34.9 Å². The normalized spacial score (nSPS) is 12.3. The molecule has 1 unspecified atom stereocenters. The van der Waals surface area contributed by atoms with Crippen molar-refractivity contribution in [1.29, 1.82) is 0 Å². The third-order valence-electron chi connectivity index (χ3n) is 2.18. The number of halogens is 1. The molecule has 0 radical (unpaired) electrons. The van der Waals surface area contributed by atoms with E-state index in [0.717, 1.165) is 16.7 Å². The van der Waals surface area contributed by atoms with Crippen molar-refractivity contribution < 1.29 is 4.79 Å². The molecule has 2 nitrogen and oxygen atoms in total. The third kappa shape index (κ3) is 3.56. The van der Waals surface area contributed by atoms with E-state index in [2.05, 4.69) is 5.32 Å². The molecular formula is C12H16ClNO. The Kier molecular flexibility index (Phi) is 4.15. The van der Waals surface area contributed by atoms with Crippen molar-refractivity contribution in [1.82, 2.24) is 5.32 Å². The molecule has 1 aromatic rings. The molecule has 1 N–H and O–H groups in total. The fraction of sp³-hybridized carbons (Fsp3) is 0.417. The van der Waals surface area contributed by atoms with Crippen molar-refractivity contribution in [2.45, 2.75) is 26.1 Å². The molecule has 0 heterocycles. The van der Waals surface area contributed by atoms with E-state index in [4.69, 9.17) is 11.6 Å². The van der Waals surface area contributed by atoms with Gasteiger partial charge in [0.05, 0.1) is 0 Å². The third-order valence-corrected chi connectivity index (χ3v) is 2.34. The largest absolute Gasteiger partial charge is 0.351 e. The molecule has 0 aliphatic rings. The zero-order chi connectivity index (χ0) is 11.4. The van der Waals surface area contributed by atoms with Gasteiger partial charge in [-0.2, -0.15) is 0 Å². The van der Waals surface area contributed by atoms with Gasteiger partial charge < -0.3 is 5.32 Å². The van der Waals surface area contributed by atoms with E-state index in [-0.39, 0.29) is 11.3 Å². The minimum atomic E-state index is -0.0521. The minimum absolute atomic E-state index is 0.0425. The molecule has 1 amide bonds. The van der Waals surface area contributed by atoms with E-state index >= 15 is 0 Å². The molecule has 0 aliphatic heterocycles. The van der Waals surface area contributed by atoms with Gasteiger partial charge in [-0.3, -0.25) is 4.79 Å². The lowest BCUT2D eigenvalue weighted by molar-refractivity contribution is 0.0953. The van der Waals surface area contributed by atoms with Crippen LogP contribution in [-0.2, 0) is 0 Å². The van der Waals surface area contributed by atoms with Gasteiger partial charge in [0.1, 0.15) is 0 Å². The molecule has 1 rings (SSSR count). The Balaban J connectivity index is 2.77. The summed E-state index contributed by atoms with van der Waals surface area (Å²) in [7, 11) is 0. The number of amides is 1. The summed E-state index contributed by atoms with van der Waals surface area (Å²) in [5, 5.41) is 2.75. The summed E-state index contributed by atoms with van der Waals surface area (Å²) in [6, 6.07) is 5.84. The van der Waals surface area contributed by atoms with E-state index in [9.17, 15) is 4.79 Å². The number of benzene rings is 1. The van der Waals surface area contributed by atoms with E-state index in [1.165, 1.54) is 0 Å².